The monoisotopic (exact) mass is 820 g/mol. The standard InChI is InChI=1S/C58H36N4S/c1-3-13-37(14-4-1)42-33-51(38-15-5-2-6-16-38)60-58(34-42)62-53-21-11-8-18-45(53)48-32-41(26-30-55(48)62)40-25-29-54-47(31-40)44-17-7-10-20-52(44)61(54)43-27-23-39(24-28-43)50-35-49-46-19-9-12-22-56(46)63-57(49)36-59-50/h1-36H. The maximum Gasteiger partial charge on any atom is 0.138 e. The summed E-state index contributed by atoms with van der Waals surface area (Å²) in [5.74, 6) is 0.893. The van der Waals surface area contributed by atoms with Crippen molar-refractivity contribution in [3.05, 3.63) is 219 Å². The molecule has 0 aliphatic carbocycles. The SMILES string of the molecule is c1ccc(-c2cc(-c3ccccc3)nc(-n3c4ccccc4c4cc(-c5ccc6c(c5)c5ccccc5n6-c5ccc(-c6cc7c(cn6)sc6ccccc67)cc5)ccc43)c2)cc1. The van der Waals surface area contributed by atoms with E-state index >= 15 is 0 Å². The molecule has 0 spiro atoms. The van der Waals surface area contributed by atoms with Crippen molar-refractivity contribution in [2.24, 2.45) is 0 Å². The molecule has 0 N–H and O–H groups in total. The van der Waals surface area contributed by atoms with Gasteiger partial charge in [0.15, 0.2) is 0 Å². The van der Waals surface area contributed by atoms with Crippen molar-refractivity contribution in [2.75, 3.05) is 0 Å². The zero-order valence-electron chi connectivity index (χ0n) is 34.0. The van der Waals surface area contributed by atoms with Crippen LogP contribution in [-0.4, -0.2) is 19.1 Å². The van der Waals surface area contributed by atoms with Crippen LogP contribution in [0.15, 0.2) is 219 Å². The van der Waals surface area contributed by atoms with Crippen molar-refractivity contribution < 1.29 is 0 Å². The third kappa shape index (κ3) is 5.82. The van der Waals surface area contributed by atoms with Crippen LogP contribution in [0.5, 0.6) is 0 Å². The summed E-state index contributed by atoms with van der Waals surface area (Å²) in [7, 11) is 0. The van der Waals surface area contributed by atoms with Crippen LogP contribution in [0.25, 0.3) is 120 Å². The van der Waals surface area contributed by atoms with Crippen LogP contribution in [0.2, 0.25) is 0 Å². The third-order valence-corrected chi connectivity index (χ3v) is 13.7. The van der Waals surface area contributed by atoms with Crippen LogP contribution in [0.1, 0.15) is 0 Å². The van der Waals surface area contributed by atoms with Gasteiger partial charge in [-0.1, -0.05) is 140 Å². The second-order valence-corrected chi connectivity index (χ2v) is 17.3. The molecule has 13 rings (SSSR count). The molecule has 0 saturated heterocycles. The fourth-order valence-electron chi connectivity index (χ4n) is 9.58. The van der Waals surface area contributed by atoms with Crippen molar-refractivity contribution in [1.82, 2.24) is 19.1 Å². The minimum Gasteiger partial charge on any atom is -0.309 e. The van der Waals surface area contributed by atoms with E-state index in [1.807, 2.05) is 6.20 Å². The first-order chi connectivity index (χ1) is 31.2. The molecule has 0 amide bonds. The van der Waals surface area contributed by atoms with E-state index in [4.69, 9.17) is 9.97 Å². The fraction of sp³-hybridized carbons (Fsp3) is 0. The van der Waals surface area contributed by atoms with Gasteiger partial charge in [0.25, 0.3) is 0 Å². The van der Waals surface area contributed by atoms with Crippen LogP contribution >= 0.6 is 11.3 Å². The van der Waals surface area contributed by atoms with E-state index in [0.29, 0.717) is 0 Å². The highest BCUT2D eigenvalue weighted by Gasteiger charge is 2.18. The van der Waals surface area contributed by atoms with Gasteiger partial charge in [-0.3, -0.25) is 9.55 Å². The van der Waals surface area contributed by atoms with Crippen molar-refractivity contribution in [3.63, 3.8) is 0 Å². The molecule has 0 bridgehead atoms. The molecule has 294 valence electrons. The summed E-state index contributed by atoms with van der Waals surface area (Å²) < 4.78 is 7.22. The van der Waals surface area contributed by atoms with E-state index < -0.39 is 0 Å². The van der Waals surface area contributed by atoms with E-state index in [2.05, 4.69) is 221 Å². The molecular formula is C58H36N4S. The van der Waals surface area contributed by atoms with Crippen LogP contribution in [0.3, 0.4) is 0 Å². The number of hydrogen-bond acceptors (Lipinski definition) is 3. The van der Waals surface area contributed by atoms with Crippen LogP contribution in [0, 0.1) is 0 Å². The molecular weight excluding hydrogens is 785 g/mol. The van der Waals surface area contributed by atoms with Crippen LogP contribution in [0.4, 0.5) is 0 Å². The summed E-state index contributed by atoms with van der Waals surface area (Å²) in [4.78, 5) is 10.2. The summed E-state index contributed by atoms with van der Waals surface area (Å²) in [5, 5.41) is 7.39. The smallest absolute Gasteiger partial charge is 0.138 e. The Morgan fingerprint density at radius 1 is 0.317 bits per heavy atom. The zero-order chi connectivity index (χ0) is 41.4. The van der Waals surface area contributed by atoms with E-state index in [9.17, 15) is 0 Å². The van der Waals surface area contributed by atoms with Gasteiger partial charge in [-0.05, 0) is 95.1 Å². The number of pyridine rings is 2. The topological polar surface area (TPSA) is 35.6 Å². The van der Waals surface area contributed by atoms with E-state index in [-0.39, 0.29) is 0 Å². The molecule has 5 heterocycles. The maximum absolute atomic E-state index is 5.34. The number of thiophene rings is 1. The molecule has 13 aromatic rings. The molecule has 5 heteroatoms. The van der Waals surface area contributed by atoms with Gasteiger partial charge in [0.05, 0.1) is 38.2 Å². The molecule has 0 atom stereocenters. The van der Waals surface area contributed by atoms with Crippen LogP contribution < -0.4 is 0 Å². The molecule has 8 aromatic carbocycles. The van der Waals surface area contributed by atoms with E-state index in [1.54, 1.807) is 11.3 Å². The summed E-state index contributed by atoms with van der Waals surface area (Å²) in [5.41, 5.74) is 14.5. The average molecular weight is 821 g/mol. The van der Waals surface area contributed by atoms with Crippen molar-refractivity contribution in [3.8, 4) is 56.3 Å². The Balaban J connectivity index is 0.915. The predicted molar refractivity (Wildman–Crippen MR) is 265 cm³/mol. The Labute approximate surface area is 367 Å². The predicted octanol–water partition coefficient (Wildman–Crippen LogP) is 15.7. The molecule has 63 heavy (non-hydrogen) atoms. The first-order valence-corrected chi connectivity index (χ1v) is 22.1. The van der Waals surface area contributed by atoms with E-state index in [1.165, 1.54) is 63.9 Å². The summed E-state index contributed by atoms with van der Waals surface area (Å²) in [6.45, 7) is 0. The normalized spacial score (nSPS) is 11.8. The number of nitrogens with zero attached hydrogens (tertiary/aromatic N) is 4. The van der Waals surface area contributed by atoms with Gasteiger partial charge >= 0.3 is 0 Å². The van der Waals surface area contributed by atoms with Gasteiger partial charge in [-0.25, -0.2) is 4.98 Å². The highest BCUT2D eigenvalue weighted by atomic mass is 32.1. The minimum atomic E-state index is 0.893. The number of aromatic nitrogens is 4. The van der Waals surface area contributed by atoms with Crippen LogP contribution in [-0.2, 0) is 0 Å². The molecule has 0 aliphatic heterocycles. The number of benzene rings is 8. The number of para-hydroxylation sites is 2. The molecule has 0 saturated carbocycles. The first kappa shape index (κ1) is 35.6. The summed E-state index contributed by atoms with van der Waals surface area (Å²) in [6.07, 6.45) is 2.02. The van der Waals surface area contributed by atoms with Crippen molar-refractivity contribution in [1.29, 1.82) is 0 Å². The lowest BCUT2D eigenvalue weighted by Crippen LogP contribution is -2.00. The Hall–Kier alpha value is -8.12. The Morgan fingerprint density at radius 2 is 0.857 bits per heavy atom. The third-order valence-electron chi connectivity index (χ3n) is 12.6. The molecule has 0 fully saturated rings. The second-order valence-electron chi connectivity index (χ2n) is 16.2. The lowest BCUT2D eigenvalue weighted by atomic mass is 10.0. The Bertz CT molecular complexity index is 3840. The molecule has 4 nitrogen and oxygen atoms in total. The number of fused-ring (bicyclic) bond motifs is 9. The maximum atomic E-state index is 5.34. The van der Waals surface area contributed by atoms with Gasteiger partial charge in [0, 0.05) is 60.0 Å². The van der Waals surface area contributed by atoms with E-state index in [0.717, 1.165) is 56.2 Å². The minimum absolute atomic E-state index is 0.893. The first-order valence-electron chi connectivity index (χ1n) is 21.3. The van der Waals surface area contributed by atoms with Crippen molar-refractivity contribution >= 4 is 75.1 Å². The van der Waals surface area contributed by atoms with Gasteiger partial charge < -0.3 is 4.57 Å². The molecule has 0 radical (unpaired) electrons. The lowest BCUT2D eigenvalue weighted by Gasteiger charge is -2.13. The highest BCUT2D eigenvalue weighted by Crippen LogP contribution is 2.40. The van der Waals surface area contributed by atoms with Gasteiger partial charge in [-0.15, -0.1) is 11.3 Å². The average Bonchev–Trinajstić information content (AvgIpc) is 4.01. The summed E-state index contributed by atoms with van der Waals surface area (Å²) in [6, 6.07) is 76.5. The Kier molecular flexibility index (Phi) is 8.05. The number of hydrogen-bond donors (Lipinski definition) is 0. The lowest BCUT2D eigenvalue weighted by molar-refractivity contribution is 1.08. The second kappa shape index (κ2) is 14.2. The fourth-order valence-corrected chi connectivity index (χ4v) is 10.6. The largest absolute Gasteiger partial charge is 0.309 e. The van der Waals surface area contributed by atoms with Crippen molar-refractivity contribution in [2.45, 2.75) is 0 Å². The zero-order valence-corrected chi connectivity index (χ0v) is 34.8. The highest BCUT2D eigenvalue weighted by molar-refractivity contribution is 7.25. The Morgan fingerprint density at radius 3 is 1.56 bits per heavy atom. The number of rotatable bonds is 6. The molecule has 0 aliphatic rings. The van der Waals surface area contributed by atoms with Gasteiger partial charge in [0.2, 0.25) is 0 Å². The summed E-state index contributed by atoms with van der Waals surface area (Å²) >= 11 is 1.80. The van der Waals surface area contributed by atoms with Gasteiger partial charge in [-0.2, -0.15) is 0 Å². The van der Waals surface area contributed by atoms with Gasteiger partial charge in [0.1, 0.15) is 5.82 Å². The molecule has 0 unspecified atom stereocenters. The quantitative estimate of drug-likeness (QED) is 0.167. The molecule has 5 aromatic heterocycles.